The first-order chi connectivity index (χ1) is 11.0. The molecule has 0 unspecified atom stereocenters. The van der Waals surface area contributed by atoms with Gasteiger partial charge in [0, 0.05) is 10.6 Å². The molecule has 0 aliphatic carbocycles. The molecule has 4 nitrogen and oxygen atoms in total. The zero-order valence-electron chi connectivity index (χ0n) is 12.9. The summed E-state index contributed by atoms with van der Waals surface area (Å²) < 4.78 is 5.22. The van der Waals surface area contributed by atoms with Gasteiger partial charge in [0.15, 0.2) is 5.11 Å². The molecule has 0 radical (unpaired) electrons. The lowest BCUT2D eigenvalue weighted by atomic mass is 10.1. The van der Waals surface area contributed by atoms with Gasteiger partial charge in [0.2, 0.25) is 0 Å². The van der Waals surface area contributed by atoms with Gasteiger partial charge in [0.05, 0.1) is 12.8 Å². The Morgan fingerprint density at radius 3 is 2.52 bits per heavy atom. The molecule has 0 fully saturated rings. The van der Waals surface area contributed by atoms with Crippen molar-refractivity contribution in [3.63, 3.8) is 0 Å². The van der Waals surface area contributed by atoms with E-state index in [1.807, 2.05) is 12.1 Å². The molecule has 2 aromatic carbocycles. The minimum Gasteiger partial charge on any atom is -0.495 e. The lowest BCUT2D eigenvalue weighted by molar-refractivity contribution is 0.0977. The molecule has 2 N–H and O–H groups in total. The van der Waals surface area contributed by atoms with Gasteiger partial charge in [-0.15, -0.1) is 0 Å². The molecule has 0 aliphatic rings. The molecular formula is C17H17ClN2O2S. The average Bonchev–Trinajstić information content (AvgIpc) is 2.55. The predicted octanol–water partition coefficient (Wildman–Crippen LogP) is 4.04. The van der Waals surface area contributed by atoms with E-state index >= 15 is 0 Å². The molecule has 2 aromatic rings. The highest BCUT2D eigenvalue weighted by molar-refractivity contribution is 7.80. The number of anilines is 1. The number of rotatable bonds is 4. The van der Waals surface area contributed by atoms with Crippen molar-refractivity contribution in [3.05, 3.63) is 58.6 Å². The van der Waals surface area contributed by atoms with Gasteiger partial charge in [-0.3, -0.25) is 10.1 Å². The summed E-state index contributed by atoms with van der Waals surface area (Å²) in [7, 11) is 1.55. The Balaban J connectivity index is 2.04. The number of benzene rings is 2. The number of carbonyl (C=O) groups excluding carboxylic acids is 1. The van der Waals surface area contributed by atoms with Crippen LogP contribution in [0.15, 0.2) is 42.5 Å². The summed E-state index contributed by atoms with van der Waals surface area (Å²) in [4.78, 5) is 12.2. The highest BCUT2D eigenvalue weighted by Crippen LogP contribution is 2.27. The van der Waals surface area contributed by atoms with Crippen molar-refractivity contribution < 1.29 is 9.53 Å². The number of nitrogens with one attached hydrogen (secondary N) is 2. The highest BCUT2D eigenvalue weighted by Gasteiger charge is 2.10. The van der Waals surface area contributed by atoms with Gasteiger partial charge in [0.25, 0.3) is 5.91 Å². The summed E-state index contributed by atoms with van der Waals surface area (Å²) in [5, 5.41) is 6.27. The Hall–Kier alpha value is -2.11. The number of thiocarbonyl (C=S) groups is 1. The van der Waals surface area contributed by atoms with Crippen LogP contribution in [0.2, 0.25) is 5.02 Å². The molecule has 0 heterocycles. The fraction of sp³-hybridized carbons (Fsp3) is 0.176. The van der Waals surface area contributed by atoms with Crippen LogP contribution in [0.25, 0.3) is 0 Å². The molecule has 0 aromatic heterocycles. The first-order valence-electron chi connectivity index (χ1n) is 7.08. The predicted molar refractivity (Wildman–Crippen MR) is 97.5 cm³/mol. The molecule has 23 heavy (non-hydrogen) atoms. The molecule has 0 saturated carbocycles. The maximum atomic E-state index is 12.2. The smallest absolute Gasteiger partial charge is 0.257 e. The second-order valence-electron chi connectivity index (χ2n) is 4.80. The fourth-order valence-corrected chi connectivity index (χ4v) is 2.37. The van der Waals surface area contributed by atoms with E-state index in [0.717, 1.165) is 6.42 Å². The maximum absolute atomic E-state index is 12.2. The number of methoxy groups -OCH3 is 1. The van der Waals surface area contributed by atoms with Crippen LogP contribution in [0, 0.1) is 0 Å². The minimum atomic E-state index is -0.272. The number of amides is 1. The van der Waals surface area contributed by atoms with E-state index in [2.05, 4.69) is 17.6 Å². The first kappa shape index (κ1) is 17.2. The van der Waals surface area contributed by atoms with Crippen LogP contribution in [0.1, 0.15) is 22.8 Å². The second kappa shape index (κ2) is 7.94. The standard InChI is InChI=1S/C17H17ClN2O2S/c1-3-11-4-6-12(7-5-11)16(21)20-17(23)19-14-10-13(18)8-9-15(14)22-2/h4-10H,3H2,1-2H3,(H2,19,20,21,23). The molecule has 0 aliphatic heterocycles. The van der Waals surface area contributed by atoms with Gasteiger partial charge < -0.3 is 10.1 Å². The zero-order chi connectivity index (χ0) is 16.8. The van der Waals surface area contributed by atoms with Crippen LogP contribution in [-0.2, 0) is 6.42 Å². The van der Waals surface area contributed by atoms with Crippen LogP contribution in [0.5, 0.6) is 5.75 Å². The lowest BCUT2D eigenvalue weighted by Crippen LogP contribution is -2.34. The summed E-state index contributed by atoms with van der Waals surface area (Å²) >= 11 is 11.1. The Morgan fingerprint density at radius 1 is 1.22 bits per heavy atom. The van der Waals surface area contributed by atoms with Crippen LogP contribution >= 0.6 is 23.8 Å². The van der Waals surface area contributed by atoms with Crippen molar-refractivity contribution in [2.45, 2.75) is 13.3 Å². The SMILES string of the molecule is CCc1ccc(C(=O)NC(=S)Nc2cc(Cl)ccc2OC)cc1. The highest BCUT2D eigenvalue weighted by atomic mass is 35.5. The number of ether oxygens (including phenoxy) is 1. The van der Waals surface area contributed by atoms with E-state index in [4.69, 9.17) is 28.6 Å². The van der Waals surface area contributed by atoms with Crippen molar-refractivity contribution in [2.24, 2.45) is 0 Å². The number of aryl methyl sites for hydroxylation is 1. The molecule has 0 atom stereocenters. The van der Waals surface area contributed by atoms with Gasteiger partial charge in [-0.1, -0.05) is 30.7 Å². The van der Waals surface area contributed by atoms with Crippen molar-refractivity contribution >= 4 is 40.5 Å². The number of hydrogen-bond donors (Lipinski definition) is 2. The van der Waals surface area contributed by atoms with Crippen LogP contribution in [0.3, 0.4) is 0 Å². The summed E-state index contributed by atoms with van der Waals surface area (Å²) in [6.07, 6.45) is 0.927. The third-order valence-corrected chi connectivity index (χ3v) is 3.70. The van der Waals surface area contributed by atoms with Gasteiger partial charge in [-0.05, 0) is 54.5 Å². The number of carbonyl (C=O) groups is 1. The first-order valence-corrected chi connectivity index (χ1v) is 7.87. The molecule has 2 rings (SSSR count). The van der Waals surface area contributed by atoms with E-state index in [1.165, 1.54) is 5.56 Å². The largest absolute Gasteiger partial charge is 0.495 e. The zero-order valence-corrected chi connectivity index (χ0v) is 14.4. The Bertz CT molecular complexity index is 717. The summed E-state index contributed by atoms with van der Waals surface area (Å²) in [6.45, 7) is 2.06. The topological polar surface area (TPSA) is 50.4 Å². The quantitative estimate of drug-likeness (QED) is 0.819. The van der Waals surface area contributed by atoms with Gasteiger partial charge in [0.1, 0.15) is 5.75 Å². The Labute approximate surface area is 145 Å². The molecule has 6 heteroatoms. The average molecular weight is 349 g/mol. The minimum absolute atomic E-state index is 0.176. The van der Waals surface area contributed by atoms with E-state index < -0.39 is 0 Å². The summed E-state index contributed by atoms with van der Waals surface area (Å²) in [5.41, 5.74) is 2.31. The fourth-order valence-electron chi connectivity index (χ4n) is 2.00. The van der Waals surface area contributed by atoms with E-state index in [-0.39, 0.29) is 11.0 Å². The van der Waals surface area contributed by atoms with E-state index in [1.54, 1.807) is 37.4 Å². The van der Waals surface area contributed by atoms with Gasteiger partial charge >= 0.3 is 0 Å². The van der Waals surface area contributed by atoms with Gasteiger partial charge in [-0.2, -0.15) is 0 Å². The van der Waals surface area contributed by atoms with Crippen molar-refractivity contribution in [3.8, 4) is 5.75 Å². The number of hydrogen-bond acceptors (Lipinski definition) is 3. The normalized spacial score (nSPS) is 10.0. The second-order valence-corrected chi connectivity index (χ2v) is 5.65. The monoisotopic (exact) mass is 348 g/mol. The third-order valence-electron chi connectivity index (χ3n) is 3.26. The van der Waals surface area contributed by atoms with Crippen LogP contribution in [-0.4, -0.2) is 18.1 Å². The summed E-state index contributed by atoms with van der Waals surface area (Å²) in [6, 6.07) is 12.5. The Morgan fingerprint density at radius 2 is 1.91 bits per heavy atom. The maximum Gasteiger partial charge on any atom is 0.257 e. The molecule has 0 spiro atoms. The van der Waals surface area contributed by atoms with Crippen molar-refractivity contribution in [2.75, 3.05) is 12.4 Å². The van der Waals surface area contributed by atoms with Crippen molar-refractivity contribution in [1.82, 2.24) is 5.32 Å². The molecule has 1 amide bonds. The van der Waals surface area contributed by atoms with Gasteiger partial charge in [-0.25, -0.2) is 0 Å². The molecular weight excluding hydrogens is 332 g/mol. The van der Waals surface area contributed by atoms with Crippen LogP contribution < -0.4 is 15.4 Å². The van der Waals surface area contributed by atoms with E-state index in [0.29, 0.717) is 22.0 Å². The van der Waals surface area contributed by atoms with Crippen LogP contribution in [0.4, 0.5) is 5.69 Å². The molecule has 0 saturated heterocycles. The molecule has 0 bridgehead atoms. The summed E-state index contributed by atoms with van der Waals surface area (Å²) in [5.74, 6) is 0.310. The lowest BCUT2D eigenvalue weighted by Gasteiger charge is -2.13. The number of halogens is 1. The third kappa shape index (κ3) is 4.68. The van der Waals surface area contributed by atoms with Crippen molar-refractivity contribution in [1.29, 1.82) is 0 Å². The molecule has 120 valence electrons. The van der Waals surface area contributed by atoms with E-state index in [9.17, 15) is 4.79 Å². The Kier molecular flexibility index (Phi) is 5.96.